The molecule has 0 aromatic heterocycles. The van der Waals surface area contributed by atoms with Crippen LogP contribution in [0.5, 0.6) is 0 Å². The normalized spacial score (nSPS) is 10.8. The average molecular weight is 397 g/mol. The molecule has 2 aromatic rings. The van der Waals surface area contributed by atoms with Crippen LogP contribution in [-0.4, -0.2) is 24.3 Å². The Bertz CT molecular complexity index is 613. The molecule has 2 rings (SSSR count). The Hall–Kier alpha value is -0.970. The maximum atomic E-state index is 12.3. The van der Waals surface area contributed by atoms with E-state index in [1.54, 1.807) is 0 Å². The number of halogens is 2. The summed E-state index contributed by atoms with van der Waals surface area (Å²) in [4.78, 5) is 14.3. The fourth-order valence-electron chi connectivity index (χ4n) is 2.02. The Morgan fingerprint density at radius 1 is 1.10 bits per heavy atom. The van der Waals surface area contributed by atoms with Gasteiger partial charge in [-0.2, -0.15) is 0 Å². The van der Waals surface area contributed by atoms with E-state index in [1.807, 2.05) is 48.3 Å². The minimum atomic E-state index is 0.120. The zero-order valence-electron chi connectivity index (χ0n) is 11.1. The van der Waals surface area contributed by atoms with Crippen molar-refractivity contribution in [3.05, 3.63) is 68.6 Å². The van der Waals surface area contributed by atoms with Gasteiger partial charge in [0.05, 0.1) is 6.54 Å². The van der Waals surface area contributed by atoms with E-state index < -0.39 is 0 Å². The lowest BCUT2D eigenvalue weighted by molar-refractivity contribution is 0.0942. The van der Waals surface area contributed by atoms with Gasteiger partial charge in [-0.3, -0.25) is 9.69 Å². The van der Waals surface area contributed by atoms with Crippen molar-refractivity contribution in [1.29, 1.82) is 0 Å². The average Bonchev–Trinajstić information content (AvgIpc) is 2.38. The molecule has 20 heavy (non-hydrogen) atoms. The molecular weight excluding hydrogens is 382 g/mol. The van der Waals surface area contributed by atoms with Crippen LogP contribution in [0.4, 0.5) is 0 Å². The van der Waals surface area contributed by atoms with Gasteiger partial charge in [-0.1, -0.05) is 62.2 Å². The first-order valence-electron chi connectivity index (χ1n) is 6.27. The molecule has 0 aliphatic rings. The summed E-state index contributed by atoms with van der Waals surface area (Å²) in [6.07, 6.45) is 0. The predicted molar refractivity (Wildman–Crippen MR) is 88.9 cm³/mol. The van der Waals surface area contributed by atoms with Gasteiger partial charge in [0, 0.05) is 21.1 Å². The number of hydrogen-bond donors (Lipinski definition) is 0. The van der Waals surface area contributed by atoms with Crippen molar-refractivity contribution in [3.8, 4) is 0 Å². The molecule has 0 fully saturated rings. The van der Waals surface area contributed by atoms with Crippen molar-refractivity contribution in [1.82, 2.24) is 4.90 Å². The number of carbonyl (C=O) groups is 1. The van der Waals surface area contributed by atoms with Gasteiger partial charge in [0.15, 0.2) is 5.78 Å². The quantitative estimate of drug-likeness (QED) is 0.692. The monoisotopic (exact) mass is 395 g/mol. The highest BCUT2D eigenvalue weighted by Gasteiger charge is 2.12. The van der Waals surface area contributed by atoms with E-state index >= 15 is 0 Å². The molecule has 0 aliphatic carbocycles. The first kappa shape index (κ1) is 15.4. The number of carbonyl (C=O) groups excluding carboxylic acids is 1. The van der Waals surface area contributed by atoms with Crippen LogP contribution in [0.3, 0.4) is 0 Å². The maximum absolute atomic E-state index is 12.3. The second-order valence-electron chi connectivity index (χ2n) is 4.71. The van der Waals surface area contributed by atoms with E-state index in [-0.39, 0.29) is 5.78 Å². The molecule has 0 saturated carbocycles. The first-order chi connectivity index (χ1) is 9.56. The van der Waals surface area contributed by atoms with E-state index in [2.05, 4.69) is 44.0 Å². The molecule has 0 spiro atoms. The summed E-state index contributed by atoms with van der Waals surface area (Å²) in [5.41, 5.74) is 1.91. The molecule has 0 aliphatic heterocycles. The summed E-state index contributed by atoms with van der Waals surface area (Å²) in [7, 11) is 1.95. The van der Waals surface area contributed by atoms with Crippen LogP contribution < -0.4 is 0 Å². The SMILES string of the molecule is CN(CC(=O)c1ccccc1Br)Cc1cccc(Br)c1. The lowest BCUT2D eigenvalue weighted by Gasteiger charge is -2.16. The number of Topliss-reactive ketones (excluding diaryl/α,β-unsaturated/α-hetero) is 1. The van der Waals surface area contributed by atoms with E-state index in [4.69, 9.17) is 0 Å². The molecule has 0 N–H and O–H groups in total. The van der Waals surface area contributed by atoms with Crippen LogP contribution in [0, 0.1) is 0 Å². The second kappa shape index (κ2) is 7.16. The minimum Gasteiger partial charge on any atom is -0.295 e. The molecular formula is C16H15Br2NO. The van der Waals surface area contributed by atoms with Crippen LogP contribution in [0.25, 0.3) is 0 Å². The number of likely N-dealkylation sites (N-methyl/N-ethyl adjacent to an activating group) is 1. The maximum Gasteiger partial charge on any atom is 0.177 e. The summed E-state index contributed by atoms with van der Waals surface area (Å²) in [5, 5.41) is 0. The number of benzene rings is 2. The van der Waals surface area contributed by atoms with Crippen molar-refractivity contribution >= 4 is 37.6 Å². The van der Waals surface area contributed by atoms with Crippen LogP contribution in [0.1, 0.15) is 15.9 Å². The highest BCUT2D eigenvalue weighted by molar-refractivity contribution is 9.10. The van der Waals surface area contributed by atoms with Crippen LogP contribution in [0.15, 0.2) is 57.5 Å². The third-order valence-corrected chi connectivity index (χ3v) is 4.11. The summed E-state index contributed by atoms with van der Waals surface area (Å²) in [5.74, 6) is 0.120. The molecule has 2 nitrogen and oxygen atoms in total. The zero-order chi connectivity index (χ0) is 14.5. The Balaban J connectivity index is 2.00. The standard InChI is InChI=1S/C16H15Br2NO/c1-19(10-12-5-4-6-13(17)9-12)11-16(20)14-7-2-3-8-15(14)18/h2-9H,10-11H2,1H3. The lowest BCUT2D eigenvalue weighted by Crippen LogP contribution is -2.25. The fourth-order valence-corrected chi connectivity index (χ4v) is 2.97. The summed E-state index contributed by atoms with van der Waals surface area (Å²) in [6, 6.07) is 15.7. The predicted octanol–water partition coefficient (Wildman–Crippen LogP) is 4.53. The molecule has 0 radical (unpaired) electrons. The van der Waals surface area contributed by atoms with Gasteiger partial charge in [0.2, 0.25) is 0 Å². The van der Waals surface area contributed by atoms with Crippen LogP contribution >= 0.6 is 31.9 Å². The van der Waals surface area contributed by atoms with Crippen LogP contribution in [0.2, 0.25) is 0 Å². The first-order valence-corrected chi connectivity index (χ1v) is 7.85. The molecule has 2 aromatic carbocycles. The Labute approximate surface area is 136 Å². The van der Waals surface area contributed by atoms with Crippen molar-refractivity contribution in [3.63, 3.8) is 0 Å². The molecule has 0 amide bonds. The topological polar surface area (TPSA) is 20.3 Å². The zero-order valence-corrected chi connectivity index (χ0v) is 14.3. The highest BCUT2D eigenvalue weighted by atomic mass is 79.9. The van der Waals surface area contributed by atoms with E-state index in [0.717, 1.165) is 21.1 Å². The minimum absolute atomic E-state index is 0.120. The van der Waals surface area contributed by atoms with E-state index in [1.165, 1.54) is 5.56 Å². The Morgan fingerprint density at radius 2 is 1.85 bits per heavy atom. The van der Waals surface area contributed by atoms with Gasteiger partial charge in [0.25, 0.3) is 0 Å². The Kier molecular flexibility index (Phi) is 5.52. The number of hydrogen-bond acceptors (Lipinski definition) is 2. The molecule has 104 valence electrons. The number of ketones is 1. The van der Waals surface area contributed by atoms with Crippen LogP contribution in [-0.2, 0) is 6.54 Å². The third-order valence-electron chi connectivity index (χ3n) is 2.93. The van der Waals surface area contributed by atoms with E-state index in [0.29, 0.717) is 6.54 Å². The summed E-state index contributed by atoms with van der Waals surface area (Å²) >= 11 is 6.88. The molecule has 0 bridgehead atoms. The van der Waals surface area contributed by atoms with Crippen molar-refractivity contribution in [2.45, 2.75) is 6.54 Å². The molecule has 4 heteroatoms. The Morgan fingerprint density at radius 3 is 2.55 bits per heavy atom. The van der Waals surface area contributed by atoms with Gasteiger partial charge < -0.3 is 0 Å². The fraction of sp³-hybridized carbons (Fsp3) is 0.188. The van der Waals surface area contributed by atoms with Crippen molar-refractivity contribution < 1.29 is 4.79 Å². The molecule has 0 saturated heterocycles. The summed E-state index contributed by atoms with van der Waals surface area (Å²) < 4.78 is 1.90. The third kappa shape index (κ3) is 4.27. The summed E-state index contributed by atoms with van der Waals surface area (Å²) in [6.45, 7) is 1.14. The van der Waals surface area contributed by atoms with Gasteiger partial charge in [-0.25, -0.2) is 0 Å². The molecule has 0 atom stereocenters. The van der Waals surface area contributed by atoms with Crippen molar-refractivity contribution in [2.24, 2.45) is 0 Å². The largest absolute Gasteiger partial charge is 0.295 e. The number of rotatable bonds is 5. The van der Waals surface area contributed by atoms with Crippen molar-refractivity contribution in [2.75, 3.05) is 13.6 Å². The number of nitrogens with zero attached hydrogens (tertiary/aromatic N) is 1. The van der Waals surface area contributed by atoms with Gasteiger partial charge >= 0.3 is 0 Å². The van der Waals surface area contributed by atoms with Gasteiger partial charge in [-0.15, -0.1) is 0 Å². The molecule has 0 unspecified atom stereocenters. The highest BCUT2D eigenvalue weighted by Crippen LogP contribution is 2.17. The second-order valence-corrected chi connectivity index (χ2v) is 6.48. The van der Waals surface area contributed by atoms with E-state index in [9.17, 15) is 4.79 Å². The smallest absolute Gasteiger partial charge is 0.177 e. The van der Waals surface area contributed by atoms with Gasteiger partial charge in [0.1, 0.15) is 0 Å². The molecule has 0 heterocycles. The lowest BCUT2D eigenvalue weighted by atomic mass is 10.1. The van der Waals surface area contributed by atoms with Gasteiger partial charge in [-0.05, 0) is 30.8 Å².